The minimum Gasteiger partial charge on any atom is -0.497 e. The number of fused-ring (bicyclic) bond motifs is 1. The van der Waals surface area contributed by atoms with Crippen molar-refractivity contribution < 1.29 is 9.53 Å². The molecular formula is C26H28N4O3S. The van der Waals surface area contributed by atoms with Crippen LogP contribution in [-0.4, -0.2) is 39.8 Å². The summed E-state index contributed by atoms with van der Waals surface area (Å²) in [5.74, 6) is 0.871. The molecule has 34 heavy (non-hydrogen) atoms. The average Bonchev–Trinajstić information content (AvgIpc) is 3.30. The van der Waals surface area contributed by atoms with E-state index in [0.29, 0.717) is 29.3 Å². The minimum absolute atomic E-state index is 0.0684. The molecule has 0 saturated heterocycles. The summed E-state index contributed by atoms with van der Waals surface area (Å²) < 4.78 is 6.86. The molecule has 0 radical (unpaired) electrons. The second-order valence-corrected chi connectivity index (χ2v) is 8.86. The lowest BCUT2D eigenvalue weighted by atomic mass is 10.1. The van der Waals surface area contributed by atoms with Gasteiger partial charge in [-0.25, -0.2) is 4.98 Å². The van der Waals surface area contributed by atoms with E-state index in [1.165, 1.54) is 11.8 Å². The molecule has 2 N–H and O–H groups in total. The third-order valence-corrected chi connectivity index (χ3v) is 6.50. The van der Waals surface area contributed by atoms with Gasteiger partial charge in [0.25, 0.3) is 5.56 Å². The third kappa shape index (κ3) is 5.34. The predicted molar refractivity (Wildman–Crippen MR) is 137 cm³/mol. The van der Waals surface area contributed by atoms with Gasteiger partial charge in [-0.3, -0.25) is 14.2 Å². The molecule has 0 bridgehead atoms. The zero-order chi connectivity index (χ0) is 23.9. The van der Waals surface area contributed by atoms with Gasteiger partial charge in [-0.05, 0) is 29.7 Å². The molecule has 4 aromatic rings. The Morgan fingerprint density at radius 1 is 1.15 bits per heavy atom. The second kappa shape index (κ2) is 11.1. The Morgan fingerprint density at radius 2 is 1.91 bits per heavy atom. The highest BCUT2D eigenvalue weighted by atomic mass is 32.2. The number of benzene rings is 2. The molecule has 2 aromatic carbocycles. The first-order valence-electron chi connectivity index (χ1n) is 11.3. The van der Waals surface area contributed by atoms with Crippen molar-refractivity contribution in [1.82, 2.24) is 19.9 Å². The van der Waals surface area contributed by atoms with Crippen LogP contribution in [0.4, 0.5) is 0 Å². The number of hydrogen-bond donors (Lipinski definition) is 2. The maximum absolute atomic E-state index is 13.5. The number of ether oxygens (including phenoxy) is 1. The van der Waals surface area contributed by atoms with Crippen LogP contribution >= 0.6 is 11.8 Å². The molecule has 7 nitrogen and oxygen atoms in total. The van der Waals surface area contributed by atoms with Gasteiger partial charge in [0.2, 0.25) is 5.91 Å². The van der Waals surface area contributed by atoms with Crippen LogP contribution in [-0.2, 0) is 11.3 Å². The number of rotatable bonds is 10. The van der Waals surface area contributed by atoms with Crippen LogP contribution in [0, 0.1) is 0 Å². The van der Waals surface area contributed by atoms with Crippen LogP contribution in [0.25, 0.3) is 22.2 Å². The molecule has 0 aliphatic rings. The fourth-order valence-electron chi connectivity index (χ4n) is 3.66. The summed E-state index contributed by atoms with van der Waals surface area (Å²) in [4.78, 5) is 33.9. The van der Waals surface area contributed by atoms with E-state index in [4.69, 9.17) is 9.72 Å². The second-order valence-electron chi connectivity index (χ2n) is 7.92. The van der Waals surface area contributed by atoms with Crippen molar-refractivity contribution in [1.29, 1.82) is 0 Å². The van der Waals surface area contributed by atoms with Crippen molar-refractivity contribution in [2.75, 3.05) is 19.4 Å². The highest BCUT2D eigenvalue weighted by Gasteiger charge is 2.18. The number of H-pyrrole nitrogens is 1. The van der Waals surface area contributed by atoms with E-state index < -0.39 is 0 Å². The first-order chi connectivity index (χ1) is 16.6. The molecule has 4 rings (SSSR count). The van der Waals surface area contributed by atoms with Crippen LogP contribution < -0.4 is 15.6 Å². The molecule has 2 aromatic heterocycles. The number of carbonyl (C=O) groups excluding carboxylic acids is 1. The Labute approximate surface area is 202 Å². The van der Waals surface area contributed by atoms with E-state index in [9.17, 15) is 9.59 Å². The lowest BCUT2D eigenvalue weighted by Crippen LogP contribution is -2.28. The third-order valence-electron chi connectivity index (χ3n) is 5.52. The number of amides is 1. The van der Waals surface area contributed by atoms with Crippen molar-refractivity contribution in [3.05, 3.63) is 76.7 Å². The largest absolute Gasteiger partial charge is 0.497 e. The highest BCUT2D eigenvalue weighted by Crippen LogP contribution is 2.28. The van der Waals surface area contributed by atoms with E-state index in [-0.39, 0.29) is 17.2 Å². The standard InChI is InChI=1S/C26H28N4O3S/c1-3-4-14-27-22(31)17-34-26-29-23-21(19-8-6-5-7-9-19)15-28-24(23)25(32)30(26)16-18-10-12-20(33-2)13-11-18/h5-13,15,28H,3-4,14,16-17H2,1-2H3,(H,27,31). The minimum atomic E-state index is -0.170. The number of nitrogens with one attached hydrogen (secondary N) is 2. The first kappa shape index (κ1) is 23.6. The van der Waals surface area contributed by atoms with Gasteiger partial charge < -0.3 is 15.0 Å². The molecule has 0 unspecified atom stereocenters. The Morgan fingerprint density at radius 3 is 2.62 bits per heavy atom. The summed E-state index contributed by atoms with van der Waals surface area (Å²) in [6.45, 7) is 3.07. The summed E-state index contributed by atoms with van der Waals surface area (Å²) in [5.41, 5.74) is 3.66. The molecule has 0 aliphatic heterocycles. The lowest BCUT2D eigenvalue weighted by Gasteiger charge is -2.13. The van der Waals surface area contributed by atoms with Crippen molar-refractivity contribution in [3.8, 4) is 16.9 Å². The molecule has 2 heterocycles. The van der Waals surface area contributed by atoms with Gasteiger partial charge in [-0.15, -0.1) is 0 Å². The Balaban J connectivity index is 1.71. The molecule has 1 amide bonds. The molecule has 0 aliphatic carbocycles. The van der Waals surface area contributed by atoms with E-state index in [0.717, 1.165) is 35.3 Å². The van der Waals surface area contributed by atoms with Crippen molar-refractivity contribution >= 4 is 28.7 Å². The van der Waals surface area contributed by atoms with E-state index in [1.54, 1.807) is 11.7 Å². The number of nitrogens with zero attached hydrogens (tertiary/aromatic N) is 2. The van der Waals surface area contributed by atoms with Crippen LogP contribution in [0.5, 0.6) is 5.75 Å². The van der Waals surface area contributed by atoms with Gasteiger partial charge in [0.1, 0.15) is 16.8 Å². The summed E-state index contributed by atoms with van der Waals surface area (Å²) in [6, 6.07) is 17.4. The molecule has 0 atom stereocenters. The summed E-state index contributed by atoms with van der Waals surface area (Å²) in [6.07, 6.45) is 3.77. The van der Waals surface area contributed by atoms with Crippen LogP contribution in [0.1, 0.15) is 25.3 Å². The smallest absolute Gasteiger partial charge is 0.278 e. The van der Waals surface area contributed by atoms with Crippen molar-refractivity contribution in [3.63, 3.8) is 0 Å². The topological polar surface area (TPSA) is 89.0 Å². The highest BCUT2D eigenvalue weighted by molar-refractivity contribution is 7.99. The molecular weight excluding hydrogens is 448 g/mol. The lowest BCUT2D eigenvalue weighted by molar-refractivity contribution is -0.118. The van der Waals surface area contributed by atoms with E-state index >= 15 is 0 Å². The molecule has 0 saturated carbocycles. The van der Waals surface area contributed by atoms with E-state index in [2.05, 4.69) is 17.2 Å². The Kier molecular flexibility index (Phi) is 7.69. The van der Waals surface area contributed by atoms with Crippen molar-refractivity contribution in [2.45, 2.75) is 31.5 Å². The van der Waals surface area contributed by atoms with Gasteiger partial charge in [0.05, 0.1) is 19.4 Å². The predicted octanol–water partition coefficient (Wildman–Crippen LogP) is 4.46. The molecule has 8 heteroatoms. The average molecular weight is 477 g/mol. The number of aromatic nitrogens is 3. The number of hydrogen-bond acceptors (Lipinski definition) is 5. The molecule has 176 valence electrons. The van der Waals surface area contributed by atoms with Crippen LogP contribution in [0.2, 0.25) is 0 Å². The Bertz CT molecular complexity index is 1310. The SMILES string of the molecule is CCCCNC(=O)CSc1nc2c(-c3ccccc3)c[nH]c2c(=O)n1Cc1ccc(OC)cc1. The van der Waals surface area contributed by atoms with Gasteiger partial charge in [0.15, 0.2) is 5.16 Å². The number of methoxy groups -OCH3 is 1. The fraction of sp³-hybridized carbons (Fsp3) is 0.269. The maximum Gasteiger partial charge on any atom is 0.278 e. The number of unbranched alkanes of at least 4 members (excludes halogenated alkanes) is 1. The monoisotopic (exact) mass is 476 g/mol. The molecule has 0 fully saturated rings. The first-order valence-corrected chi connectivity index (χ1v) is 12.3. The van der Waals surface area contributed by atoms with Crippen LogP contribution in [0.3, 0.4) is 0 Å². The van der Waals surface area contributed by atoms with E-state index in [1.807, 2.05) is 60.8 Å². The summed E-state index contributed by atoms with van der Waals surface area (Å²) in [5, 5.41) is 3.43. The number of thioether (sulfide) groups is 1. The zero-order valence-corrected chi connectivity index (χ0v) is 20.2. The van der Waals surface area contributed by atoms with Crippen LogP contribution in [0.15, 0.2) is 70.7 Å². The maximum atomic E-state index is 13.5. The summed E-state index contributed by atoms with van der Waals surface area (Å²) >= 11 is 1.28. The van der Waals surface area contributed by atoms with Gasteiger partial charge >= 0.3 is 0 Å². The number of aromatic amines is 1. The number of carbonyl (C=O) groups is 1. The van der Waals surface area contributed by atoms with Crippen molar-refractivity contribution in [2.24, 2.45) is 0 Å². The van der Waals surface area contributed by atoms with Gasteiger partial charge in [-0.1, -0.05) is 67.6 Å². The van der Waals surface area contributed by atoms with Gasteiger partial charge in [0, 0.05) is 18.3 Å². The fourth-order valence-corrected chi connectivity index (χ4v) is 4.48. The Hall–Kier alpha value is -3.52. The zero-order valence-electron chi connectivity index (χ0n) is 19.3. The quantitative estimate of drug-likeness (QED) is 0.200. The van der Waals surface area contributed by atoms with Gasteiger partial charge in [-0.2, -0.15) is 0 Å². The molecule has 0 spiro atoms. The summed E-state index contributed by atoms with van der Waals surface area (Å²) in [7, 11) is 1.62. The normalized spacial score (nSPS) is 11.0.